The topological polar surface area (TPSA) is 20.3 Å². The van der Waals surface area contributed by atoms with Crippen molar-refractivity contribution in [1.82, 2.24) is 0 Å². The zero-order valence-corrected chi connectivity index (χ0v) is 12.2. The zero-order valence-electron chi connectivity index (χ0n) is 9.75. The Balaban J connectivity index is 2.37. The van der Waals surface area contributed by atoms with Gasteiger partial charge in [-0.25, -0.2) is 0 Å². The summed E-state index contributed by atoms with van der Waals surface area (Å²) in [6.07, 6.45) is -4.09. The fourth-order valence-electron chi connectivity index (χ4n) is 2.03. The molecular weight excluding hydrogens is 343 g/mol. The van der Waals surface area contributed by atoms with Crippen LogP contribution < -0.4 is 4.90 Å². The monoisotopic (exact) mass is 353 g/mol. The first-order valence-corrected chi connectivity index (χ1v) is 7.03. The maximum atomic E-state index is 12.7. The number of hydrogen-bond donors (Lipinski definition) is 1. The first-order chi connectivity index (χ1) is 8.82. The number of hydrogen-bond acceptors (Lipinski definition) is 2. The van der Waals surface area contributed by atoms with Gasteiger partial charge in [0.2, 0.25) is 5.91 Å². The van der Waals surface area contributed by atoms with Gasteiger partial charge in [-0.3, -0.25) is 4.79 Å². The van der Waals surface area contributed by atoms with E-state index in [9.17, 15) is 18.0 Å². The van der Waals surface area contributed by atoms with Crippen molar-refractivity contribution >= 4 is 40.2 Å². The van der Waals surface area contributed by atoms with Gasteiger partial charge in [-0.2, -0.15) is 25.8 Å². The number of alkyl halides is 3. The van der Waals surface area contributed by atoms with Gasteiger partial charge in [0.15, 0.2) is 0 Å². The molecule has 1 saturated heterocycles. The lowest BCUT2D eigenvalue weighted by Crippen LogP contribution is -2.25. The third-order valence-corrected chi connectivity index (χ3v) is 4.21. The number of halogens is 4. The second kappa shape index (κ2) is 5.36. The van der Waals surface area contributed by atoms with Gasteiger partial charge in [0.1, 0.15) is 0 Å². The molecule has 1 heterocycles. The molecule has 7 heteroatoms. The molecule has 1 fully saturated rings. The highest BCUT2D eigenvalue weighted by atomic mass is 79.9. The molecule has 1 atom stereocenters. The molecule has 19 heavy (non-hydrogen) atoms. The summed E-state index contributed by atoms with van der Waals surface area (Å²) in [5.74, 6) is 0.454. The molecule has 1 aromatic rings. The smallest absolute Gasteiger partial charge is 0.311 e. The second-order valence-electron chi connectivity index (χ2n) is 4.42. The Bertz CT molecular complexity index is 506. The molecule has 1 aliphatic heterocycles. The van der Waals surface area contributed by atoms with E-state index in [0.29, 0.717) is 23.2 Å². The van der Waals surface area contributed by atoms with E-state index in [1.807, 2.05) is 0 Å². The van der Waals surface area contributed by atoms with Crippen molar-refractivity contribution in [2.45, 2.75) is 12.6 Å². The molecule has 0 aromatic heterocycles. The summed E-state index contributed by atoms with van der Waals surface area (Å²) >= 11 is 7.33. The van der Waals surface area contributed by atoms with Gasteiger partial charge in [0.05, 0.1) is 11.3 Å². The van der Waals surface area contributed by atoms with E-state index in [1.54, 1.807) is 0 Å². The lowest BCUT2D eigenvalue weighted by Gasteiger charge is -2.20. The van der Waals surface area contributed by atoms with Gasteiger partial charge in [0.25, 0.3) is 0 Å². The molecule has 0 aliphatic carbocycles. The van der Waals surface area contributed by atoms with Crippen molar-refractivity contribution < 1.29 is 18.0 Å². The molecular formula is C12H11BrF3NOS. The minimum absolute atomic E-state index is 0.0808. The number of amides is 1. The average molecular weight is 354 g/mol. The number of rotatable bonds is 2. The molecule has 0 radical (unpaired) electrons. The molecule has 0 saturated carbocycles. The third kappa shape index (κ3) is 3.08. The van der Waals surface area contributed by atoms with Crippen molar-refractivity contribution in [1.29, 1.82) is 0 Å². The highest BCUT2D eigenvalue weighted by Crippen LogP contribution is 2.37. The highest BCUT2D eigenvalue weighted by Gasteiger charge is 2.34. The molecule has 1 aromatic carbocycles. The average Bonchev–Trinajstić information content (AvgIpc) is 2.69. The number of nitrogens with zero attached hydrogens (tertiary/aromatic N) is 1. The van der Waals surface area contributed by atoms with Crippen LogP contribution in [0.5, 0.6) is 0 Å². The number of carbonyl (C=O) groups is 1. The first-order valence-electron chi connectivity index (χ1n) is 5.61. The number of thiol groups is 1. The summed E-state index contributed by atoms with van der Waals surface area (Å²) in [6, 6.07) is 3.31. The van der Waals surface area contributed by atoms with Crippen molar-refractivity contribution in [3.63, 3.8) is 0 Å². The Morgan fingerprint density at radius 3 is 2.63 bits per heavy atom. The molecule has 2 rings (SSSR count). The Hall–Kier alpha value is -0.690. The van der Waals surface area contributed by atoms with Crippen LogP contribution in [0.2, 0.25) is 0 Å². The summed E-state index contributed by atoms with van der Waals surface area (Å²) in [5, 5.41) is 0. The van der Waals surface area contributed by atoms with Gasteiger partial charge >= 0.3 is 6.18 Å². The molecule has 1 aliphatic rings. The Morgan fingerprint density at radius 1 is 1.42 bits per heavy atom. The summed E-state index contributed by atoms with van der Waals surface area (Å²) in [7, 11) is 0. The van der Waals surface area contributed by atoms with Gasteiger partial charge in [0, 0.05) is 17.4 Å². The van der Waals surface area contributed by atoms with Crippen LogP contribution in [0, 0.1) is 5.92 Å². The van der Waals surface area contributed by atoms with E-state index in [1.165, 1.54) is 11.0 Å². The van der Waals surface area contributed by atoms with Crippen LogP contribution in [0.15, 0.2) is 22.7 Å². The maximum absolute atomic E-state index is 12.7. The fraction of sp³-hybridized carbons (Fsp3) is 0.417. The Morgan fingerprint density at radius 2 is 2.11 bits per heavy atom. The molecule has 2 nitrogen and oxygen atoms in total. The standard InChI is InChI=1S/C12H11BrF3NOS/c13-9-2-1-8(12(14,15)16)4-10(9)17-5-7(6-19)3-11(17)18/h1-2,4,7,19H,3,5-6H2. The minimum Gasteiger partial charge on any atom is -0.311 e. The van der Waals surface area contributed by atoms with E-state index in [4.69, 9.17) is 0 Å². The van der Waals surface area contributed by atoms with E-state index in [2.05, 4.69) is 28.6 Å². The molecule has 1 unspecified atom stereocenters. The predicted molar refractivity (Wildman–Crippen MR) is 73.5 cm³/mol. The zero-order chi connectivity index (χ0) is 14.2. The molecule has 0 spiro atoms. The quantitative estimate of drug-likeness (QED) is 0.803. The van der Waals surface area contributed by atoms with Gasteiger partial charge in [-0.05, 0) is 45.8 Å². The largest absolute Gasteiger partial charge is 0.416 e. The summed E-state index contributed by atoms with van der Waals surface area (Å²) in [6.45, 7) is 0.405. The summed E-state index contributed by atoms with van der Waals surface area (Å²) in [5.41, 5.74) is -0.489. The normalized spacial score (nSPS) is 20.2. The van der Waals surface area contributed by atoms with E-state index < -0.39 is 11.7 Å². The van der Waals surface area contributed by atoms with Crippen LogP contribution in [0.4, 0.5) is 18.9 Å². The molecule has 104 valence electrons. The van der Waals surface area contributed by atoms with Crippen molar-refractivity contribution in [2.24, 2.45) is 5.92 Å². The van der Waals surface area contributed by atoms with E-state index in [-0.39, 0.29) is 17.5 Å². The van der Waals surface area contributed by atoms with Crippen LogP contribution in [-0.4, -0.2) is 18.2 Å². The number of carbonyl (C=O) groups excluding carboxylic acids is 1. The molecule has 1 amide bonds. The molecule has 0 N–H and O–H groups in total. The summed E-state index contributed by atoms with van der Waals surface area (Å²) in [4.78, 5) is 13.2. The van der Waals surface area contributed by atoms with Crippen LogP contribution >= 0.6 is 28.6 Å². The van der Waals surface area contributed by atoms with Gasteiger partial charge in [-0.1, -0.05) is 0 Å². The van der Waals surface area contributed by atoms with Crippen LogP contribution in [-0.2, 0) is 11.0 Å². The van der Waals surface area contributed by atoms with Crippen LogP contribution in [0.3, 0.4) is 0 Å². The third-order valence-electron chi connectivity index (χ3n) is 3.03. The Kier molecular flexibility index (Phi) is 4.15. The lowest BCUT2D eigenvalue weighted by atomic mass is 10.1. The van der Waals surface area contributed by atoms with Crippen molar-refractivity contribution in [3.8, 4) is 0 Å². The van der Waals surface area contributed by atoms with Gasteiger partial charge < -0.3 is 4.90 Å². The van der Waals surface area contributed by atoms with Crippen LogP contribution in [0.25, 0.3) is 0 Å². The number of benzene rings is 1. The first kappa shape index (κ1) is 14.7. The Labute approximate surface area is 122 Å². The summed E-state index contributed by atoms with van der Waals surface area (Å²) < 4.78 is 38.6. The van der Waals surface area contributed by atoms with Crippen LogP contribution in [0.1, 0.15) is 12.0 Å². The van der Waals surface area contributed by atoms with Crippen molar-refractivity contribution in [3.05, 3.63) is 28.2 Å². The van der Waals surface area contributed by atoms with E-state index in [0.717, 1.165) is 12.1 Å². The predicted octanol–water partition coefficient (Wildman–Crippen LogP) is 3.75. The fourth-order valence-corrected chi connectivity index (χ4v) is 2.74. The minimum atomic E-state index is -4.42. The van der Waals surface area contributed by atoms with E-state index >= 15 is 0 Å². The van der Waals surface area contributed by atoms with Crippen molar-refractivity contribution in [2.75, 3.05) is 17.2 Å². The molecule has 0 bridgehead atoms. The maximum Gasteiger partial charge on any atom is 0.416 e. The number of anilines is 1. The highest BCUT2D eigenvalue weighted by molar-refractivity contribution is 9.10. The lowest BCUT2D eigenvalue weighted by molar-refractivity contribution is -0.137. The van der Waals surface area contributed by atoms with Gasteiger partial charge in [-0.15, -0.1) is 0 Å². The SMILES string of the molecule is O=C1CC(CS)CN1c1cc(C(F)(F)F)ccc1Br. The second-order valence-corrected chi connectivity index (χ2v) is 5.64.